The largest absolute Gasteiger partial charge is 0.345 e. The van der Waals surface area contributed by atoms with Crippen molar-refractivity contribution in [3.05, 3.63) is 28.5 Å². The standard InChI is InChI=1S/C7H6BrF2NO/c8-6-1-5(2-11-3-6)4-12-7(9)10/h1-3,7H,4H2. The Morgan fingerprint density at radius 3 is 2.83 bits per heavy atom. The van der Waals surface area contributed by atoms with E-state index in [4.69, 9.17) is 0 Å². The number of ether oxygens (including phenoxy) is 1. The van der Waals surface area contributed by atoms with E-state index in [2.05, 4.69) is 25.7 Å². The van der Waals surface area contributed by atoms with Crippen molar-refractivity contribution in [1.29, 1.82) is 0 Å². The van der Waals surface area contributed by atoms with Crippen molar-refractivity contribution in [3.63, 3.8) is 0 Å². The van der Waals surface area contributed by atoms with Crippen LogP contribution in [0.15, 0.2) is 22.9 Å². The zero-order valence-corrected chi connectivity index (χ0v) is 7.59. The third-order valence-electron chi connectivity index (χ3n) is 1.14. The average molecular weight is 238 g/mol. The van der Waals surface area contributed by atoms with Gasteiger partial charge in [-0.05, 0) is 27.6 Å². The molecule has 1 rings (SSSR count). The number of alkyl halides is 2. The Morgan fingerprint density at radius 2 is 2.25 bits per heavy atom. The van der Waals surface area contributed by atoms with Gasteiger partial charge in [0, 0.05) is 16.9 Å². The summed E-state index contributed by atoms with van der Waals surface area (Å²) < 4.78 is 28.0. The average Bonchev–Trinajstić information content (AvgIpc) is 2.01. The van der Waals surface area contributed by atoms with E-state index < -0.39 is 6.61 Å². The van der Waals surface area contributed by atoms with Gasteiger partial charge in [0.15, 0.2) is 0 Å². The van der Waals surface area contributed by atoms with E-state index in [0.29, 0.717) is 5.56 Å². The summed E-state index contributed by atoms with van der Waals surface area (Å²) in [7, 11) is 0. The smallest absolute Gasteiger partial charge is 0.318 e. The summed E-state index contributed by atoms with van der Waals surface area (Å²) in [5.41, 5.74) is 0.615. The van der Waals surface area contributed by atoms with Crippen LogP contribution in [0.25, 0.3) is 0 Å². The first-order chi connectivity index (χ1) is 5.68. The molecule has 12 heavy (non-hydrogen) atoms. The van der Waals surface area contributed by atoms with Crippen LogP contribution in [0.5, 0.6) is 0 Å². The topological polar surface area (TPSA) is 22.1 Å². The van der Waals surface area contributed by atoms with E-state index in [1.54, 1.807) is 12.3 Å². The predicted octanol–water partition coefficient (Wildman–Crippen LogP) is 2.58. The quantitative estimate of drug-likeness (QED) is 0.807. The molecule has 0 aliphatic rings. The van der Waals surface area contributed by atoms with Crippen molar-refractivity contribution in [1.82, 2.24) is 4.98 Å². The van der Waals surface area contributed by atoms with Gasteiger partial charge in [0.2, 0.25) is 0 Å². The lowest BCUT2D eigenvalue weighted by atomic mass is 10.3. The molecule has 0 saturated heterocycles. The molecule has 0 radical (unpaired) electrons. The van der Waals surface area contributed by atoms with Gasteiger partial charge >= 0.3 is 6.61 Å². The van der Waals surface area contributed by atoms with E-state index >= 15 is 0 Å². The van der Waals surface area contributed by atoms with Gasteiger partial charge in [0.1, 0.15) is 0 Å². The third kappa shape index (κ3) is 3.23. The summed E-state index contributed by atoms with van der Waals surface area (Å²) in [5, 5.41) is 0. The number of aromatic nitrogens is 1. The van der Waals surface area contributed by atoms with Crippen LogP contribution in [0.1, 0.15) is 5.56 Å². The first kappa shape index (κ1) is 9.54. The molecule has 2 nitrogen and oxygen atoms in total. The van der Waals surface area contributed by atoms with Gasteiger partial charge in [-0.15, -0.1) is 0 Å². The van der Waals surface area contributed by atoms with E-state index in [0.717, 1.165) is 4.47 Å². The van der Waals surface area contributed by atoms with Crippen molar-refractivity contribution < 1.29 is 13.5 Å². The minimum atomic E-state index is -2.73. The second-order valence-electron chi connectivity index (χ2n) is 2.08. The lowest BCUT2D eigenvalue weighted by Crippen LogP contribution is -1.99. The third-order valence-corrected chi connectivity index (χ3v) is 1.57. The maximum atomic E-state index is 11.6. The molecule has 66 valence electrons. The van der Waals surface area contributed by atoms with Gasteiger partial charge in [0.25, 0.3) is 0 Å². The van der Waals surface area contributed by atoms with Crippen LogP contribution in [0, 0.1) is 0 Å². The van der Waals surface area contributed by atoms with E-state index in [-0.39, 0.29) is 6.61 Å². The molecule has 0 aliphatic carbocycles. The molecule has 0 aliphatic heterocycles. The van der Waals surface area contributed by atoms with Crippen LogP contribution in [0.3, 0.4) is 0 Å². The number of nitrogens with zero attached hydrogens (tertiary/aromatic N) is 1. The molecule has 0 atom stereocenters. The van der Waals surface area contributed by atoms with E-state index in [1.807, 2.05) is 0 Å². The SMILES string of the molecule is FC(F)OCc1cncc(Br)c1. The minimum Gasteiger partial charge on any atom is -0.318 e. The predicted molar refractivity (Wildman–Crippen MR) is 42.7 cm³/mol. The fraction of sp³-hybridized carbons (Fsp3) is 0.286. The highest BCUT2D eigenvalue weighted by atomic mass is 79.9. The van der Waals surface area contributed by atoms with Gasteiger partial charge in [-0.3, -0.25) is 4.98 Å². The Balaban J connectivity index is 2.52. The molecule has 0 bridgehead atoms. The fourth-order valence-corrected chi connectivity index (χ4v) is 1.11. The summed E-state index contributed by atoms with van der Waals surface area (Å²) in [6.45, 7) is -2.85. The van der Waals surface area contributed by atoms with Crippen molar-refractivity contribution in [2.24, 2.45) is 0 Å². The van der Waals surface area contributed by atoms with Crippen LogP contribution >= 0.6 is 15.9 Å². The second kappa shape index (κ2) is 4.47. The van der Waals surface area contributed by atoms with Crippen molar-refractivity contribution in [3.8, 4) is 0 Å². The summed E-state index contributed by atoms with van der Waals surface area (Å²) in [6.07, 6.45) is 3.05. The lowest BCUT2D eigenvalue weighted by molar-refractivity contribution is -0.137. The van der Waals surface area contributed by atoms with Gasteiger partial charge < -0.3 is 4.74 Å². The number of pyridine rings is 1. The zero-order chi connectivity index (χ0) is 8.97. The molecule has 0 N–H and O–H groups in total. The van der Waals surface area contributed by atoms with Gasteiger partial charge in [-0.25, -0.2) is 0 Å². The zero-order valence-electron chi connectivity index (χ0n) is 6.01. The van der Waals surface area contributed by atoms with E-state index in [1.165, 1.54) is 6.20 Å². The molecule has 0 aromatic carbocycles. The van der Waals surface area contributed by atoms with Crippen molar-refractivity contribution in [2.45, 2.75) is 13.2 Å². The Morgan fingerprint density at radius 1 is 1.50 bits per heavy atom. The Bertz CT molecular complexity index is 257. The molecule has 0 unspecified atom stereocenters. The molecule has 0 fully saturated rings. The van der Waals surface area contributed by atoms with E-state index in [9.17, 15) is 8.78 Å². The normalized spacial score (nSPS) is 10.7. The van der Waals surface area contributed by atoms with Crippen LogP contribution < -0.4 is 0 Å². The van der Waals surface area contributed by atoms with Gasteiger partial charge in [-0.2, -0.15) is 8.78 Å². The van der Waals surface area contributed by atoms with Gasteiger partial charge in [0.05, 0.1) is 6.61 Å². The molecule has 1 aromatic rings. The molecular formula is C7H6BrF2NO. The van der Waals surface area contributed by atoms with Crippen molar-refractivity contribution in [2.75, 3.05) is 0 Å². The molecule has 1 aromatic heterocycles. The highest BCUT2D eigenvalue weighted by Gasteiger charge is 2.02. The van der Waals surface area contributed by atoms with Crippen LogP contribution in [-0.2, 0) is 11.3 Å². The number of hydrogen-bond donors (Lipinski definition) is 0. The van der Waals surface area contributed by atoms with Crippen LogP contribution in [0.4, 0.5) is 8.78 Å². The number of halogens is 3. The summed E-state index contributed by atoms with van der Waals surface area (Å²) in [4.78, 5) is 3.79. The molecule has 0 saturated carbocycles. The Hall–Kier alpha value is -0.550. The first-order valence-electron chi connectivity index (χ1n) is 3.17. The molecule has 5 heteroatoms. The molecular weight excluding hydrogens is 232 g/mol. The minimum absolute atomic E-state index is 0.121. The Kier molecular flexibility index (Phi) is 3.55. The first-order valence-corrected chi connectivity index (χ1v) is 3.97. The van der Waals surface area contributed by atoms with Crippen LogP contribution in [0.2, 0.25) is 0 Å². The van der Waals surface area contributed by atoms with Crippen LogP contribution in [-0.4, -0.2) is 11.6 Å². The highest BCUT2D eigenvalue weighted by Crippen LogP contribution is 2.11. The summed E-state index contributed by atoms with van der Waals surface area (Å²) in [5.74, 6) is 0. The monoisotopic (exact) mass is 237 g/mol. The molecule has 0 amide bonds. The second-order valence-corrected chi connectivity index (χ2v) is 3.00. The number of hydrogen-bond acceptors (Lipinski definition) is 2. The maximum absolute atomic E-state index is 11.6. The fourth-order valence-electron chi connectivity index (χ4n) is 0.694. The van der Waals surface area contributed by atoms with Gasteiger partial charge in [-0.1, -0.05) is 0 Å². The maximum Gasteiger partial charge on any atom is 0.345 e. The Labute approximate surface area is 76.7 Å². The summed E-state index contributed by atoms with van der Waals surface area (Å²) >= 11 is 3.16. The molecule has 0 spiro atoms. The lowest BCUT2D eigenvalue weighted by Gasteiger charge is -2.01. The summed E-state index contributed by atoms with van der Waals surface area (Å²) in [6, 6.07) is 1.68. The number of rotatable bonds is 3. The highest BCUT2D eigenvalue weighted by molar-refractivity contribution is 9.10. The molecule has 1 heterocycles. The van der Waals surface area contributed by atoms with Crippen molar-refractivity contribution >= 4 is 15.9 Å².